The third kappa shape index (κ3) is 4.15. The van der Waals surface area contributed by atoms with E-state index in [0.29, 0.717) is 0 Å². The molecular weight excluding hydrogens is 456 g/mol. The van der Waals surface area contributed by atoms with Gasteiger partial charge in [0.25, 0.3) is 0 Å². The molecule has 166 valence electrons. The van der Waals surface area contributed by atoms with Crippen LogP contribution in [0.1, 0.15) is 11.1 Å². The van der Waals surface area contributed by atoms with Crippen molar-refractivity contribution in [3.05, 3.63) is 120 Å². The monoisotopic (exact) mass is 478 g/mol. The third-order valence-electron chi connectivity index (χ3n) is 5.76. The Hall–Kier alpha value is -3.34. The molecule has 6 rings (SSSR count). The summed E-state index contributed by atoms with van der Waals surface area (Å²) in [6.45, 7) is 0. The molecule has 2 aromatic heterocycles. The first-order valence-corrected chi connectivity index (χ1v) is 13.2. The fourth-order valence-corrected chi connectivity index (χ4v) is 6.27. The molecule has 0 aliphatic carbocycles. The molecule has 0 amide bonds. The van der Waals surface area contributed by atoms with Gasteiger partial charge < -0.3 is 8.83 Å². The van der Waals surface area contributed by atoms with E-state index >= 15 is 0 Å². The van der Waals surface area contributed by atoms with Crippen LogP contribution in [-0.4, -0.2) is 0 Å². The Labute approximate surface area is 207 Å². The van der Waals surface area contributed by atoms with E-state index in [1.54, 1.807) is 23.5 Å². The predicted molar refractivity (Wildman–Crippen MR) is 143 cm³/mol. The van der Waals surface area contributed by atoms with Crippen LogP contribution in [0.5, 0.6) is 0 Å². The van der Waals surface area contributed by atoms with E-state index < -0.39 is 0 Å². The minimum Gasteiger partial charge on any atom is -0.452 e. The normalized spacial score (nSPS) is 11.4. The summed E-state index contributed by atoms with van der Waals surface area (Å²) >= 11 is 3.60. The van der Waals surface area contributed by atoms with Gasteiger partial charge in [-0.3, -0.25) is 0 Å². The number of rotatable bonds is 7. The van der Waals surface area contributed by atoms with Crippen molar-refractivity contribution in [1.29, 1.82) is 0 Å². The summed E-state index contributed by atoms with van der Waals surface area (Å²) in [7, 11) is 0. The zero-order valence-corrected chi connectivity index (χ0v) is 20.1. The lowest BCUT2D eigenvalue weighted by molar-refractivity contribution is 0.558. The largest absolute Gasteiger partial charge is 0.452 e. The number of hydrogen-bond donors (Lipinski definition) is 0. The molecule has 0 unspecified atom stereocenters. The molecule has 2 heterocycles. The van der Waals surface area contributed by atoms with Gasteiger partial charge in [0.05, 0.1) is 9.79 Å². The number of hydrogen-bond acceptors (Lipinski definition) is 4. The zero-order valence-electron chi connectivity index (χ0n) is 18.4. The summed E-state index contributed by atoms with van der Waals surface area (Å²) < 4.78 is 12.9. The molecule has 0 aliphatic heterocycles. The number of benzene rings is 4. The van der Waals surface area contributed by atoms with Gasteiger partial charge in [0, 0.05) is 22.3 Å². The molecule has 0 aliphatic rings. The number of furan rings is 2. The Bertz CT molecular complexity index is 1430. The van der Waals surface area contributed by atoms with Gasteiger partial charge in [0.2, 0.25) is 0 Å². The first kappa shape index (κ1) is 21.2. The van der Waals surface area contributed by atoms with Crippen molar-refractivity contribution in [2.45, 2.75) is 21.3 Å². The molecule has 0 atom stereocenters. The van der Waals surface area contributed by atoms with Crippen LogP contribution in [-0.2, 0) is 11.5 Å². The fourth-order valence-electron chi connectivity index (χ4n) is 4.09. The van der Waals surface area contributed by atoms with Crippen LogP contribution in [0.3, 0.4) is 0 Å². The molecule has 0 fully saturated rings. The molecule has 0 saturated carbocycles. The van der Waals surface area contributed by atoms with E-state index in [2.05, 4.69) is 84.9 Å². The Morgan fingerprint density at radius 1 is 0.441 bits per heavy atom. The minimum absolute atomic E-state index is 0.814. The second-order valence-electron chi connectivity index (χ2n) is 8.06. The van der Waals surface area contributed by atoms with Crippen LogP contribution < -0.4 is 0 Å². The van der Waals surface area contributed by atoms with Gasteiger partial charge in [0.1, 0.15) is 11.2 Å². The van der Waals surface area contributed by atoms with E-state index in [9.17, 15) is 0 Å². The Balaban J connectivity index is 1.46. The first-order valence-electron chi connectivity index (χ1n) is 11.2. The average molecular weight is 479 g/mol. The molecular formula is C30H22O2S2. The van der Waals surface area contributed by atoms with Crippen molar-refractivity contribution < 1.29 is 8.83 Å². The lowest BCUT2D eigenvalue weighted by Crippen LogP contribution is -1.83. The number of para-hydroxylation sites is 2. The van der Waals surface area contributed by atoms with Gasteiger partial charge in [-0.25, -0.2) is 0 Å². The lowest BCUT2D eigenvalue weighted by atomic mass is 10.2. The maximum absolute atomic E-state index is 6.47. The maximum atomic E-state index is 6.47. The van der Waals surface area contributed by atoms with Gasteiger partial charge in [-0.1, -0.05) is 84.9 Å². The van der Waals surface area contributed by atoms with Gasteiger partial charge in [-0.15, -0.1) is 23.5 Å². The number of thioether (sulfide) groups is 2. The average Bonchev–Trinajstić information content (AvgIpc) is 3.45. The summed E-state index contributed by atoms with van der Waals surface area (Å²) in [4.78, 5) is 2.25. The summed E-state index contributed by atoms with van der Waals surface area (Å²) in [5.41, 5.74) is 4.33. The third-order valence-corrected chi connectivity index (χ3v) is 8.10. The van der Waals surface area contributed by atoms with Gasteiger partial charge >= 0.3 is 0 Å². The van der Waals surface area contributed by atoms with Crippen LogP contribution in [0.2, 0.25) is 0 Å². The summed E-state index contributed by atoms with van der Waals surface area (Å²) in [6.07, 6.45) is 0. The van der Waals surface area contributed by atoms with Crippen molar-refractivity contribution >= 4 is 45.5 Å². The highest BCUT2D eigenvalue weighted by atomic mass is 32.2. The van der Waals surface area contributed by atoms with E-state index in [1.807, 2.05) is 24.3 Å². The highest BCUT2D eigenvalue weighted by Gasteiger charge is 2.24. The topological polar surface area (TPSA) is 26.3 Å². The smallest absolute Gasteiger partial charge is 0.185 e. The zero-order chi connectivity index (χ0) is 22.7. The predicted octanol–water partition coefficient (Wildman–Crippen LogP) is 9.43. The quantitative estimate of drug-likeness (QED) is 0.213. The molecule has 6 aromatic rings. The minimum atomic E-state index is 0.814. The second-order valence-corrected chi connectivity index (χ2v) is 10.0. The fraction of sp³-hybridized carbons (Fsp3) is 0.0667. The Morgan fingerprint density at radius 2 is 0.824 bits per heavy atom. The van der Waals surface area contributed by atoms with Crippen LogP contribution in [0.4, 0.5) is 0 Å². The van der Waals surface area contributed by atoms with Crippen molar-refractivity contribution in [3.8, 4) is 11.5 Å². The molecule has 34 heavy (non-hydrogen) atoms. The molecule has 0 N–H and O–H groups in total. The SMILES string of the molecule is c1ccc(CSc2c(-c3oc4ccccc4c3SCc3ccccc3)oc3ccccc23)cc1. The Kier molecular flexibility index (Phi) is 5.92. The van der Waals surface area contributed by atoms with Gasteiger partial charge in [-0.2, -0.15) is 0 Å². The van der Waals surface area contributed by atoms with E-state index in [0.717, 1.165) is 54.8 Å². The molecule has 4 heteroatoms. The molecule has 0 saturated heterocycles. The number of fused-ring (bicyclic) bond motifs is 2. The van der Waals surface area contributed by atoms with Crippen LogP contribution in [0.15, 0.2) is 128 Å². The Morgan fingerprint density at radius 3 is 1.26 bits per heavy atom. The van der Waals surface area contributed by atoms with Crippen molar-refractivity contribution in [1.82, 2.24) is 0 Å². The maximum Gasteiger partial charge on any atom is 0.185 e. The van der Waals surface area contributed by atoms with Gasteiger partial charge in [-0.05, 0) is 35.4 Å². The van der Waals surface area contributed by atoms with Crippen molar-refractivity contribution in [2.75, 3.05) is 0 Å². The van der Waals surface area contributed by atoms with Crippen molar-refractivity contribution in [3.63, 3.8) is 0 Å². The lowest BCUT2D eigenvalue weighted by Gasteiger charge is -2.05. The second kappa shape index (κ2) is 9.49. The van der Waals surface area contributed by atoms with E-state index in [-0.39, 0.29) is 0 Å². The summed E-state index contributed by atoms with van der Waals surface area (Å²) in [6, 6.07) is 37.6. The summed E-state index contributed by atoms with van der Waals surface area (Å²) in [5.74, 6) is 3.36. The molecule has 0 bridgehead atoms. The highest BCUT2D eigenvalue weighted by molar-refractivity contribution is 7.99. The standard InChI is InChI=1S/C30H22O2S2/c1-3-11-21(12-4-1)19-33-29-23-15-7-9-17-25(23)31-27(29)28-30(24-16-8-10-18-26(24)32-28)34-20-22-13-5-2-6-14-22/h1-18H,19-20H2. The summed E-state index contributed by atoms with van der Waals surface area (Å²) in [5, 5.41) is 2.25. The van der Waals surface area contributed by atoms with Crippen LogP contribution >= 0.6 is 23.5 Å². The van der Waals surface area contributed by atoms with Crippen LogP contribution in [0, 0.1) is 0 Å². The molecule has 2 nitrogen and oxygen atoms in total. The van der Waals surface area contributed by atoms with E-state index in [1.165, 1.54) is 11.1 Å². The highest BCUT2D eigenvalue weighted by Crippen LogP contribution is 2.48. The van der Waals surface area contributed by atoms with Crippen molar-refractivity contribution in [2.24, 2.45) is 0 Å². The molecule has 0 spiro atoms. The molecule has 0 radical (unpaired) electrons. The van der Waals surface area contributed by atoms with Gasteiger partial charge in [0.15, 0.2) is 11.5 Å². The van der Waals surface area contributed by atoms with Crippen LogP contribution in [0.25, 0.3) is 33.5 Å². The van der Waals surface area contributed by atoms with E-state index in [4.69, 9.17) is 8.83 Å². The molecule has 4 aromatic carbocycles. The first-order chi connectivity index (χ1) is 16.9.